The van der Waals surface area contributed by atoms with E-state index in [0.29, 0.717) is 6.04 Å². The lowest BCUT2D eigenvalue weighted by Crippen LogP contribution is -2.18. The van der Waals surface area contributed by atoms with Gasteiger partial charge >= 0.3 is 6.18 Å². The van der Waals surface area contributed by atoms with Crippen molar-refractivity contribution in [3.63, 3.8) is 0 Å². The molecule has 2 unspecified atom stereocenters. The summed E-state index contributed by atoms with van der Waals surface area (Å²) in [6.45, 7) is 2.23. The number of benzene rings is 1. The van der Waals surface area contributed by atoms with Gasteiger partial charge in [0.25, 0.3) is 0 Å². The van der Waals surface area contributed by atoms with Gasteiger partial charge in [-0.25, -0.2) is 0 Å². The molecule has 1 nitrogen and oxygen atoms in total. The minimum atomic E-state index is -4.25. The molecule has 2 atom stereocenters. The number of hydrogen-bond acceptors (Lipinski definition) is 1. The lowest BCUT2D eigenvalue weighted by atomic mass is 9.98. The first kappa shape index (κ1) is 15.2. The molecule has 0 aliphatic heterocycles. The Bertz CT molecular complexity index is 411. The fourth-order valence-corrected chi connectivity index (χ4v) is 2.92. The minimum Gasteiger partial charge on any atom is -0.382 e. The Hall–Kier alpha value is -1.19. The van der Waals surface area contributed by atoms with Gasteiger partial charge in [0.15, 0.2) is 0 Å². The summed E-state index contributed by atoms with van der Waals surface area (Å²) in [5, 5.41) is 3.38. The van der Waals surface area contributed by atoms with Gasteiger partial charge in [0, 0.05) is 11.7 Å². The van der Waals surface area contributed by atoms with E-state index in [9.17, 15) is 13.2 Å². The molecule has 0 spiro atoms. The molecule has 0 bridgehead atoms. The van der Waals surface area contributed by atoms with Gasteiger partial charge < -0.3 is 5.32 Å². The Kier molecular flexibility index (Phi) is 4.95. The first-order chi connectivity index (χ1) is 9.49. The molecule has 1 aromatic rings. The maximum absolute atomic E-state index is 12.5. The van der Waals surface area contributed by atoms with Crippen LogP contribution in [0.2, 0.25) is 0 Å². The van der Waals surface area contributed by atoms with Gasteiger partial charge in [-0.1, -0.05) is 26.2 Å². The Morgan fingerprint density at radius 3 is 2.35 bits per heavy atom. The molecule has 1 aliphatic rings. The maximum atomic E-state index is 12.5. The van der Waals surface area contributed by atoms with E-state index >= 15 is 0 Å². The fraction of sp³-hybridized carbons (Fsp3) is 0.625. The molecule has 1 aromatic carbocycles. The van der Waals surface area contributed by atoms with Crippen molar-refractivity contribution in [3.8, 4) is 0 Å². The van der Waals surface area contributed by atoms with E-state index in [1.807, 2.05) is 0 Å². The lowest BCUT2D eigenvalue weighted by Gasteiger charge is -2.18. The summed E-state index contributed by atoms with van der Waals surface area (Å²) in [5.74, 6) is 0.814. The minimum absolute atomic E-state index is 0.392. The monoisotopic (exact) mass is 285 g/mol. The fourth-order valence-electron chi connectivity index (χ4n) is 2.92. The van der Waals surface area contributed by atoms with Crippen LogP contribution in [0.4, 0.5) is 18.9 Å². The van der Waals surface area contributed by atoms with E-state index in [0.717, 1.165) is 36.6 Å². The molecule has 0 amide bonds. The third-order valence-corrected chi connectivity index (χ3v) is 4.25. The Balaban J connectivity index is 1.93. The molecule has 112 valence electrons. The van der Waals surface area contributed by atoms with Gasteiger partial charge in [0.1, 0.15) is 0 Å². The van der Waals surface area contributed by atoms with E-state index < -0.39 is 11.7 Å². The zero-order valence-corrected chi connectivity index (χ0v) is 11.8. The number of anilines is 1. The van der Waals surface area contributed by atoms with Crippen molar-refractivity contribution in [1.82, 2.24) is 0 Å². The van der Waals surface area contributed by atoms with Crippen LogP contribution in [-0.2, 0) is 6.18 Å². The summed E-state index contributed by atoms with van der Waals surface area (Å²) < 4.78 is 37.5. The summed E-state index contributed by atoms with van der Waals surface area (Å²) in [6.07, 6.45) is 2.90. The third kappa shape index (κ3) is 4.15. The van der Waals surface area contributed by atoms with Gasteiger partial charge in [-0.15, -0.1) is 0 Å². The van der Waals surface area contributed by atoms with Crippen molar-refractivity contribution in [2.24, 2.45) is 5.92 Å². The highest BCUT2D eigenvalue weighted by Crippen LogP contribution is 2.31. The predicted molar refractivity (Wildman–Crippen MR) is 75.7 cm³/mol. The third-order valence-electron chi connectivity index (χ3n) is 4.25. The van der Waals surface area contributed by atoms with E-state index in [1.165, 1.54) is 37.8 Å². The molecule has 4 heteroatoms. The van der Waals surface area contributed by atoms with Crippen LogP contribution in [-0.4, -0.2) is 6.04 Å². The average Bonchev–Trinajstić information content (AvgIpc) is 2.63. The van der Waals surface area contributed by atoms with Gasteiger partial charge in [-0.2, -0.15) is 13.2 Å². The molecular formula is C16H22F3N. The predicted octanol–water partition coefficient (Wildman–Crippen LogP) is 5.48. The van der Waals surface area contributed by atoms with Crippen LogP contribution in [0.5, 0.6) is 0 Å². The van der Waals surface area contributed by atoms with Gasteiger partial charge in [-0.05, 0) is 49.4 Å². The lowest BCUT2D eigenvalue weighted by molar-refractivity contribution is -0.137. The molecule has 0 heterocycles. The van der Waals surface area contributed by atoms with Crippen molar-refractivity contribution in [2.75, 3.05) is 5.32 Å². The second-order valence-corrected chi connectivity index (χ2v) is 5.70. The summed E-state index contributed by atoms with van der Waals surface area (Å²) in [5.41, 5.74) is 0.202. The van der Waals surface area contributed by atoms with Crippen molar-refractivity contribution in [2.45, 2.75) is 57.7 Å². The summed E-state index contributed by atoms with van der Waals surface area (Å²) in [7, 11) is 0. The maximum Gasteiger partial charge on any atom is 0.416 e. The van der Waals surface area contributed by atoms with E-state index in [1.54, 1.807) is 0 Å². The molecule has 1 saturated carbocycles. The van der Waals surface area contributed by atoms with Crippen molar-refractivity contribution in [3.05, 3.63) is 29.8 Å². The highest BCUT2D eigenvalue weighted by Gasteiger charge is 2.30. The van der Waals surface area contributed by atoms with Crippen LogP contribution in [0.25, 0.3) is 0 Å². The van der Waals surface area contributed by atoms with Crippen molar-refractivity contribution < 1.29 is 13.2 Å². The normalized spacial score (nSPS) is 24.2. The quantitative estimate of drug-likeness (QED) is 0.725. The van der Waals surface area contributed by atoms with E-state index in [2.05, 4.69) is 12.2 Å². The molecule has 1 N–H and O–H groups in total. The SMILES string of the molecule is CCC1CCCC(Nc2ccc(C(F)(F)F)cc2)CC1. The number of rotatable bonds is 3. The molecule has 0 saturated heterocycles. The first-order valence-electron chi connectivity index (χ1n) is 7.43. The highest BCUT2D eigenvalue weighted by atomic mass is 19.4. The highest BCUT2D eigenvalue weighted by molar-refractivity contribution is 5.46. The van der Waals surface area contributed by atoms with E-state index in [4.69, 9.17) is 0 Å². The van der Waals surface area contributed by atoms with Crippen LogP contribution in [0.15, 0.2) is 24.3 Å². The second-order valence-electron chi connectivity index (χ2n) is 5.70. The van der Waals surface area contributed by atoms with Crippen LogP contribution < -0.4 is 5.32 Å². The molecule has 20 heavy (non-hydrogen) atoms. The Morgan fingerprint density at radius 2 is 1.75 bits per heavy atom. The van der Waals surface area contributed by atoms with Crippen LogP contribution in [0.3, 0.4) is 0 Å². The molecule has 0 radical (unpaired) electrons. The zero-order valence-electron chi connectivity index (χ0n) is 11.8. The smallest absolute Gasteiger partial charge is 0.382 e. The van der Waals surface area contributed by atoms with Crippen molar-refractivity contribution >= 4 is 5.69 Å². The summed E-state index contributed by atoms with van der Waals surface area (Å²) in [4.78, 5) is 0. The standard InChI is InChI=1S/C16H22F3N/c1-2-12-4-3-5-14(9-6-12)20-15-10-7-13(8-11-15)16(17,18)19/h7-8,10-12,14,20H,2-6,9H2,1H3. The van der Waals surface area contributed by atoms with Gasteiger partial charge in [0.05, 0.1) is 5.56 Å². The van der Waals surface area contributed by atoms with E-state index in [-0.39, 0.29) is 0 Å². The molecule has 2 rings (SSSR count). The number of nitrogens with one attached hydrogen (secondary N) is 1. The molecular weight excluding hydrogens is 263 g/mol. The summed E-state index contributed by atoms with van der Waals surface area (Å²) >= 11 is 0. The van der Waals surface area contributed by atoms with Gasteiger partial charge in [-0.3, -0.25) is 0 Å². The topological polar surface area (TPSA) is 12.0 Å². The number of hydrogen-bond donors (Lipinski definition) is 1. The summed E-state index contributed by atoms with van der Waals surface area (Å²) in [6, 6.07) is 5.75. The zero-order chi connectivity index (χ0) is 14.6. The molecule has 1 fully saturated rings. The van der Waals surface area contributed by atoms with Gasteiger partial charge in [0.2, 0.25) is 0 Å². The Morgan fingerprint density at radius 1 is 1.05 bits per heavy atom. The second kappa shape index (κ2) is 6.51. The van der Waals surface area contributed by atoms with Crippen LogP contribution >= 0.6 is 0 Å². The molecule has 1 aliphatic carbocycles. The van der Waals surface area contributed by atoms with Crippen LogP contribution in [0, 0.1) is 5.92 Å². The number of halogens is 3. The largest absolute Gasteiger partial charge is 0.416 e. The Labute approximate surface area is 118 Å². The van der Waals surface area contributed by atoms with Crippen LogP contribution in [0.1, 0.15) is 51.0 Å². The molecule has 0 aromatic heterocycles. The first-order valence-corrected chi connectivity index (χ1v) is 7.43. The number of alkyl halides is 3. The van der Waals surface area contributed by atoms with Crippen molar-refractivity contribution in [1.29, 1.82) is 0 Å². The average molecular weight is 285 g/mol.